The Morgan fingerprint density at radius 1 is 1.31 bits per heavy atom. The van der Waals surface area contributed by atoms with E-state index >= 15 is 0 Å². The van der Waals surface area contributed by atoms with Gasteiger partial charge in [0.15, 0.2) is 0 Å². The number of hydrogen-bond donors (Lipinski definition) is 2. The van der Waals surface area contributed by atoms with E-state index in [1.54, 1.807) is 18.2 Å². The van der Waals surface area contributed by atoms with Crippen LogP contribution in [-0.4, -0.2) is 16.8 Å². The number of rotatable bonds is 4. The first-order valence-electron chi connectivity index (χ1n) is 4.22. The van der Waals surface area contributed by atoms with Crippen LogP contribution in [0.1, 0.15) is 12.0 Å². The van der Waals surface area contributed by atoms with Gasteiger partial charge in [-0.2, -0.15) is 0 Å². The van der Waals surface area contributed by atoms with Crippen molar-refractivity contribution in [1.82, 2.24) is 0 Å². The molecule has 0 aliphatic heterocycles. The van der Waals surface area contributed by atoms with Gasteiger partial charge in [0.2, 0.25) is 0 Å². The largest absolute Gasteiger partial charge is 0.393 e. The zero-order valence-electron chi connectivity index (χ0n) is 7.48. The van der Waals surface area contributed by atoms with Crippen molar-refractivity contribution < 1.29 is 10.2 Å². The average Bonchev–Trinajstić information content (AvgIpc) is 2.19. The van der Waals surface area contributed by atoms with Crippen molar-refractivity contribution in [3.8, 4) is 0 Å². The molecule has 0 heterocycles. The molecular weight excluding hydrogens is 164 g/mol. The first-order valence-corrected chi connectivity index (χ1v) is 4.22. The van der Waals surface area contributed by atoms with E-state index in [4.69, 9.17) is 5.11 Å². The van der Waals surface area contributed by atoms with E-state index in [2.05, 4.69) is 6.58 Å². The van der Waals surface area contributed by atoms with Gasteiger partial charge in [-0.15, -0.1) is 6.58 Å². The van der Waals surface area contributed by atoms with Crippen molar-refractivity contribution >= 4 is 0 Å². The predicted molar refractivity (Wildman–Crippen MR) is 52.2 cm³/mol. The minimum atomic E-state index is -1.18. The predicted octanol–water partition coefficient (Wildman–Crippen LogP) is 1.44. The Labute approximate surface area is 78.2 Å². The fourth-order valence-corrected chi connectivity index (χ4v) is 1.26. The van der Waals surface area contributed by atoms with Gasteiger partial charge < -0.3 is 10.2 Å². The van der Waals surface area contributed by atoms with Crippen molar-refractivity contribution in [2.75, 3.05) is 6.61 Å². The third-order valence-electron chi connectivity index (χ3n) is 2.05. The van der Waals surface area contributed by atoms with Crippen LogP contribution in [0.15, 0.2) is 43.0 Å². The molecular formula is C11H14O2. The Morgan fingerprint density at radius 3 is 2.38 bits per heavy atom. The van der Waals surface area contributed by atoms with Crippen molar-refractivity contribution in [2.45, 2.75) is 12.0 Å². The molecule has 2 nitrogen and oxygen atoms in total. The molecule has 2 heteroatoms. The van der Waals surface area contributed by atoms with E-state index in [-0.39, 0.29) is 6.61 Å². The van der Waals surface area contributed by atoms with Gasteiger partial charge in [0.1, 0.15) is 5.60 Å². The Balaban J connectivity index is 2.95. The molecule has 0 aromatic heterocycles. The summed E-state index contributed by atoms with van der Waals surface area (Å²) < 4.78 is 0. The summed E-state index contributed by atoms with van der Waals surface area (Å²) in [6, 6.07) is 9.12. The van der Waals surface area contributed by atoms with Crippen LogP contribution < -0.4 is 0 Å². The second-order valence-electron chi connectivity index (χ2n) is 3.05. The second-order valence-corrected chi connectivity index (χ2v) is 3.05. The molecule has 1 aromatic rings. The van der Waals surface area contributed by atoms with Crippen LogP contribution >= 0.6 is 0 Å². The lowest BCUT2D eigenvalue weighted by Gasteiger charge is -2.24. The molecule has 0 amide bonds. The van der Waals surface area contributed by atoms with Crippen LogP contribution in [0, 0.1) is 0 Å². The maximum Gasteiger partial charge on any atom is 0.116 e. The number of aliphatic hydroxyl groups excluding tert-OH is 1. The summed E-state index contributed by atoms with van der Waals surface area (Å²) in [6.45, 7) is 3.26. The summed E-state index contributed by atoms with van der Waals surface area (Å²) in [5.41, 5.74) is -0.458. The number of aliphatic hydroxyl groups is 2. The number of hydrogen-bond acceptors (Lipinski definition) is 2. The summed E-state index contributed by atoms with van der Waals surface area (Å²) >= 11 is 0. The van der Waals surface area contributed by atoms with Gasteiger partial charge in [-0.25, -0.2) is 0 Å². The summed E-state index contributed by atoms with van der Waals surface area (Å²) in [7, 11) is 0. The zero-order chi connectivity index (χ0) is 9.73. The lowest BCUT2D eigenvalue weighted by Crippen LogP contribution is -2.29. The summed E-state index contributed by atoms with van der Waals surface area (Å²) in [5.74, 6) is 0. The van der Waals surface area contributed by atoms with E-state index in [1.165, 1.54) is 0 Å². The van der Waals surface area contributed by atoms with Crippen molar-refractivity contribution in [2.24, 2.45) is 0 Å². The van der Waals surface area contributed by atoms with Gasteiger partial charge in [0.05, 0.1) is 6.61 Å². The molecule has 0 aliphatic rings. The molecule has 1 atom stereocenters. The van der Waals surface area contributed by atoms with Crippen LogP contribution in [0.3, 0.4) is 0 Å². The molecule has 0 saturated carbocycles. The third kappa shape index (κ3) is 2.17. The molecule has 1 rings (SSSR count). The molecule has 2 N–H and O–H groups in total. The summed E-state index contributed by atoms with van der Waals surface area (Å²) in [5, 5.41) is 19.0. The fraction of sp³-hybridized carbons (Fsp3) is 0.273. The highest BCUT2D eigenvalue weighted by atomic mass is 16.3. The summed E-state index contributed by atoms with van der Waals surface area (Å²) in [6.07, 6.45) is 1.96. The second kappa shape index (κ2) is 4.21. The maximum absolute atomic E-state index is 9.97. The normalized spacial score (nSPS) is 14.9. The fourth-order valence-electron chi connectivity index (χ4n) is 1.26. The highest BCUT2D eigenvalue weighted by molar-refractivity contribution is 5.23. The average molecular weight is 178 g/mol. The molecule has 0 bridgehead atoms. The summed E-state index contributed by atoms with van der Waals surface area (Å²) in [4.78, 5) is 0. The molecule has 0 spiro atoms. The van der Waals surface area contributed by atoms with Crippen molar-refractivity contribution in [1.29, 1.82) is 0 Å². The maximum atomic E-state index is 9.97. The Kier molecular flexibility index (Phi) is 3.23. The molecule has 0 saturated heterocycles. The van der Waals surface area contributed by atoms with Gasteiger partial charge in [0, 0.05) is 6.42 Å². The standard InChI is InChI=1S/C11H14O2/c1-2-8-11(13,9-12)10-6-4-3-5-7-10/h2-7,12-13H,1,8-9H2. The smallest absolute Gasteiger partial charge is 0.116 e. The Bertz CT molecular complexity index is 269. The van der Waals surface area contributed by atoms with E-state index < -0.39 is 5.60 Å². The van der Waals surface area contributed by atoms with Crippen LogP contribution in [0.2, 0.25) is 0 Å². The number of benzene rings is 1. The van der Waals surface area contributed by atoms with E-state index in [0.29, 0.717) is 6.42 Å². The minimum absolute atomic E-state index is 0.289. The van der Waals surface area contributed by atoms with E-state index in [0.717, 1.165) is 5.56 Å². The molecule has 0 radical (unpaired) electrons. The molecule has 0 aliphatic carbocycles. The first-order chi connectivity index (χ1) is 6.23. The third-order valence-corrected chi connectivity index (χ3v) is 2.05. The Hall–Kier alpha value is -1.12. The molecule has 70 valence electrons. The topological polar surface area (TPSA) is 40.5 Å². The quantitative estimate of drug-likeness (QED) is 0.685. The first kappa shape index (κ1) is 9.96. The van der Waals surface area contributed by atoms with Crippen molar-refractivity contribution in [3.05, 3.63) is 48.6 Å². The van der Waals surface area contributed by atoms with Gasteiger partial charge in [-0.3, -0.25) is 0 Å². The lowest BCUT2D eigenvalue weighted by molar-refractivity contribution is -0.0164. The highest BCUT2D eigenvalue weighted by Crippen LogP contribution is 2.24. The van der Waals surface area contributed by atoms with Gasteiger partial charge in [-0.1, -0.05) is 36.4 Å². The van der Waals surface area contributed by atoms with Crippen LogP contribution in [0.5, 0.6) is 0 Å². The molecule has 13 heavy (non-hydrogen) atoms. The van der Waals surface area contributed by atoms with Crippen LogP contribution in [0.4, 0.5) is 0 Å². The van der Waals surface area contributed by atoms with Gasteiger partial charge in [-0.05, 0) is 5.56 Å². The minimum Gasteiger partial charge on any atom is -0.393 e. The van der Waals surface area contributed by atoms with Gasteiger partial charge in [0.25, 0.3) is 0 Å². The lowest BCUT2D eigenvalue weighted by atomic mass is 9.91. The van der Waals surface area contributed by atoms with E-state index in [1.807, 2.05) is 18.2 Å². The van der Waals surface area contributed by atoms with Gasteiger partial charge >= 0.3 is 0 Å². The van der Waals surface area contributed by atoms with Crippen LogP contribution in [0.25, 0.3) is 0 Å². The highest BCUT2D eigenvalue weighted by Gasteiger charge is 2.26. The molecule has 0 fully saturated rings. The Morgan fingerprint density at radius 2 is 1.92 bits per heavy atom. The monoisotopic (exact) mass is 178 g/mol. The zero-order valence-corrected chi connectivity index (χ0v) is 7.48. The molecule has 1 unspecified atom stereocenters. The SMILES string of the molecule is C=CCC(O)(CO)c1ccccc1. The van der Waals surface area contributed by atoms with Crippen molar-refractivity contribution in [3.63, 3.8) is 0 Å². The van der Waals surface area contributed by atoms with Crippen LogP contribution in [-0.2, 0) is 5.60 Å². The molecule has 1 aromatic carbocycles. The van der Waals surface area contributed by atoms with E-state index in [9.17, 15) is 5.11 Å².